The Morgan fingerprint density at radius 3 is 2.96 bits per heavy atom. The molecule has 0 bridgehead atoms. The molecule has 1 fully saturated rings. The van der Waals surface area contributed by atoms with Crippen molar-refractivity contribution >= 4 is 23.2 Å². The van der Waals surface area contributed by atoms with Crippen LogP contribution in [0.2, 0.25) is 0 Å². The lowest BCUT2D eigenvalue weighted by Crippen LogP contribution is -2.40. The average Bonchev–Trinajstić information content (AvgIpc) is 2.61. The number of likely N-dealkylation sites (N-methyl/N-ethyl adjacent to an activating group) is 1. The smallest absolute Gasteiger partial charge is 0.254 e. The van der Waals surface area contributed by atoms with Gasteiger partial charge in [0.25, 0.3) is 5.91 Å². The van der Waals surface area contributed by atoms with Gasteiger partial charge in [-0.25, -0.2) is 0 Å². The van der Waals surface area contributed by atoms with Crippen LogP contribution in [0.4, 0.5) is 11.4 Å². The SMILES string of the molecule is CCCN(CC1CCCCO1)C(=O)c1ccc2c(c1)NC(=O)CN2C. The van der Waals surface area contributed by atoms with Crippen molar-refractivity contribution in [3.05, 3.63) is 23.8 Å². The van der Waals surface area contributed by atoms with Crippen LogP contribution < -0.4 is 10.2 Å². The standard InChI is InChI=1S/C19H27N3O3/c1-3-9-22(12-15-6-4-5-10-25-15)19(24)14-7-8-17-16(11-14)20-18(23)13-21(17)2/h7-8,11,15H,3-6,9-10,12-13H2,1-2H3,(H,20,23). The van der Waals surface area contributed by atoms with Crippen molar-refractivity contribution in [3.8, 4) is 0 Å². The lowest BCUT2D eigenvalue weighted by molar-refractivity contribution is -0.115. The van der Waals surface area contributed by atoms with Gasteiger partial charge in [0.15, 0.2) is 0 Å². The molecule has 0 spiro atoms. The molecule has 2 amide bonds. The minimum atomic E-state index is -0.0550. The Kier molecular flexibility index (Phi) is 5.58. The second kappa shape index (κ2) is 7.87. The summed E-state index contributed by atoms with van der Waals surface area (Å²) in [7, 11) is 1.88. The Morgan fingerprint density at radius 2 is 2.24 bits per heavy atom. The molecule has 6 nitrogen and oxygen atoms in total. The van der Waals surface area contributed by atoms with Crippen LogP contribution >= 0.6 is 0 Å². The van der Waals surface area contributed by atoms with Crippen molar-refractivity contribution in [1.82, 2.24) is 4.90 Å². The largest absolute Gasteiger partial charge is 0.376 e. The van der Waals surface area contributed by atoms with Crippen molar-refractivity contribution in [2.24, 2.45) is 0 Å². The van der Waals surface area contributed by atoms with E-state index < -0.39 is 0 Å². The van der Waals surface area contributed by atoms with E-state index in [4.69, 9.17) is 4.74 Å². The first-order valence-corrected chi connectivity index (χ1v) is 9.14. The van der Waals surface area contributed by atoms with E-state index >= 15 is 0 Å². The number of rotatable bonds is 5. The zero-order valence-electron chi connectivity index (χ0n) is 15.1. The van der Waals surface area contributed by atoms with Crippen LogP contribution in [0.5, 0.6) is 0 Å². The van der Waals surface area contributed by atoms with Crippen molar-refractivity contribution < 1.29 is 14.3 Å². The van der Waals surface area contributed by atoms with Crippen LogP contribution in [0, 0.1) is 0 Å². The number of fused-ring (bicyclic) bond motifs is 1. The molecule has 0 aromatic heterocycles. The fourth-order valence-corrected chi connectivity index (χ4v) is 3.52. The maximum Gasteiger partial charge on any atom is 0.254 e. The number of anilines is 2. The number of carbonyl (C=O) groups is 2. The van der Waals surface area contributed by atoms with E-state index in [1.165, 1.54) is 0 Å². The summed E-state index contributed by atoms with van der Waals surface area (Å²) in [5, 5.41) is 2.86. The highest BCUT2D eigenvalue weighted by Crippen LogP contribution is 2.30. The van der Waals surface area contributed by atoms with Gasteiger partial charge in [-0.3, -0.25) is 9.59 Å². The van der Waals surface area contributed by atoms with Gasteiger partial charge in [0.2, 0.25) is 5.91 Å². The summed E-state index contributed by atoms with van der Waals surface area (Å²) in [5.74, 6) is -0.0538. The molecule has 2 aliphatic rings. The Labute approximate surface area is 149 Å². The number of nitrogens with zero attached hydrogens (tertiary/aromatic N) is 2. The second-order valence-electron chi connectivity index (χ2n) is 6.88. The molecule has 1 aromatic carbocycles. The molecule has 1 N–H and O–H groups in total. The maximum absolute atomic E-state index is 13.0. The highest BCUT2D eigenvalue weighted by molar-refractivity contribution is 6.03. The van der Waals surface area contributed by atoms with Crippen molar-refractivity contribution in [2.45, 2.75) is 38.7 Å². The molecule has 1 aromatic rings. The average molecular weight is 345 g/mol. The number of benzene rings is 1. The van der Waals surface area contributed by atoms with Crippen LogP contribution in [-0.2, 0) is 9.53 Å². The third-order valence-electron chi connectivity index (χ3n) is 4.79. The third kappa shape index (κ3) is 4.12. The topological polar surface area (TPSA) is 61.9 Å². The number of carbonyl (C=O) groups excluding carboxylic acids is 2. The van der Waals surface area contributed by atoms with Crippen LogP contribution in [0.3, 0.4) is 0 Å². The first-order valence-electron chi connectivity index (χ1n) is 9.14. The Morgan fingerprint density at radius 1 is 1.40 bits per heavy atom. The minimum Gasteiger partial charge on any atom is -0.376 e. The summed E-state index contributed by atoms with van der Waals surface area (Å²) < 4.78 is 5.80. The van der Waals surface area contributed by atoms with E-state index in [9.17, 15) is 9.59 Å². The zero-order valence-corrected chi connectivity index (χ0v) is 15.1. The number of nitrogens with one attached hydrogen (secondary N) is 1. The molecule has 1 atom stereocenters. The van der Waals surface area contributed by atoms with Gasteiger partial charge in [0, 0.05) is 32.3 Å². The third-order valence-corrected chi connectivity index (χ3v) is 4.79. The van der Waals surface area contributed by atoms with Crippen molar-refractivity contribution in [1.29, 1.82) is 0 Å². The van der Waals surface area contributed by atoms with E-state index in [1.807, 2.05) is 29.0 Å². The molecule has 0 radical (unpaired) electrons. The minimum absolute atomic E-state index is 0.00120. The van der Waals surface area contributed by atoms with Gasteiger partial charge in [0.1, 0.15) is 0 Å². The van der Waals surface area contributed by atoms with E-state index in [0.717, 1.165) is 38.0 Å². The quantitative estimate of drug-likeness (QED) is 0.891. The molecule has 25 heavy (non-hydrogen) atoms. The summed E-state index contributed by atoms with van der Waals surface area (Å²) in [6, 6.07) is 5.54. The Bertz CT molecular complexity index is 641. The highest BCUT2D eigenvalue weighted by atomic mass is 16.5. The molecule has 0 saturated carbocycles. The van der Waals surface area contributed by atoms with Crippen LogP contribution in [-0.4, -0.2) is 56.1 Å². The highest BCUT2D eigenvalue weighted by Gasteiger charge is 2.24. The van der Waals surface area contributed by atoms with E-state index in [1.54, 1.807) is 6.07 Å². The molecule has 1 saturated heterocycles. The molecule has 3 rings (SSSR count). The van der Waals surface area contributed by atoms with Gasteiger partial charge in [-0.2, -0.15) is 0 Å². The van der Waals surface area contributed by atoms with Gasteiger partial charge >= 0.3 is 0 Å². The lowest BCUT2D eigenvalue weighted by atomic mass is 10.1. The van der Waals surface area contributed by atoms with Crippen molar-refractivity contribution in [2.75, 3.05) is 43.5 Å². The van der Waals surface area contributed by atoms with Gasteiger partial charge in [-0.05, 0) is 43.9 Å². The van der Waals surface area contributed by atoms with Gasteiger partial charge in [0.05, 0.1) is 24.0 Å². The van der Waals surface area contributed by atoms with E-state index in [0.29, 0.717) is 30.9 Å². The number of ether oxygens (including phenoxy) is 1. The second-order valence-corrected chi connectivity index (χ2v) is 6.88. The lowest BCUT2D eigenvalue weighted by Gasteiger charge is -2.31. The van der Waals surface area contributed by atoms with Gasteiger partial charge in [-0.1, -0.05) is 6.92 Å². The normalized spacial score (nSPS) is 20.0. The summed E-state index contributed by atoms with van der Waals surface area (Å²) in [5.41, 5.74) is 2.25. The van der Waals surface area contributed by atoms with E-state index in [-0.39, 0.29) is 17.9 Å². The Hall–Kier alpha value is -2.08. The fraction of sp³-hybridized carbons (Fsp3) is 0.579. The van der Waals surface area contributed by atoms with Crippen molar-refractivity contribution in [3.63, 3.8) is 0 Å². The van der Waals surface area contributed by atoms with Crippen LogP contribution in [0.15, 0.2) is 18.2 Å². The molecule has 1 unspecified atom stereocenters. The summed E-state index contributed by atoms with van der Waals surface area (Å²) >= 11 is 0. The molecular formula is C19H27N3O3. The first kappa shape index (κ1) is 17.7. The molecular weight excluding hydrogens is 318 g/mol. The van der Waals surface area contributed by atoms with E-state index in [2.05, 4.69) is 12.2 Å². The molecule has 6 heteroatoms. The summed E-state index contributed by atoms with van der Waals surface area (Å²) in [4.78, 5) is 28.5. The molecule has 136 valence electrons. The molecule has 2 aliphatic heterocycles. The molecule has 2 heterocycles. The molecule has 0 aliphatic carbocycles. The predicted molar refractivity (Wildman–Crippen MR) is 98.1 cm³/mol. The number of amides is 2. The fourth-order valence-electron chi connectivity index (χ4n) is 3.52. The Balaban J connectivity index is 1.77. The maximum atomic E-state index is 13.0. The monoisotopic (exact) mass is 345 g/mol. The number of hydrogen-bond acceptors (Lipinski definition) is 4. The van der Waals surface area contributed by atoms with Crippen LogP contribution in [0.25, 0.3) is 0 Å². The summed E-state index contributed by atoms with van der Waals surface area (Å²) in [6.07, 6.45) is 4.32. The predicted octanol–water partition coefficient (Wildman–Crippen LogP) is 2.50. The zero-order chi connectivity index (χ0) is 17.8. The van der Waals surface area contributed by atoms with Crippen LogP contribution in [0.1, 0.15) is 43.0 Å². The number of hydrogen-bond donors (Lipinski definition) is 1. The van der Waals surface area contributed by atoms with Gasteiger partial charge < -0.3 is 19.9 Å². The van der Waals surface area contributed by atoms with Gasteiger partial charge in [-0.15, -0.1) is 0 Å². The first-order chi connectivity index (χ1) is 12.1. The summed E-state index contributed by atoms with van der Waals surface area (Å²) in [6.45, 7) is 4.54.